The number of amides is 1. The van der Waals surface area contributed by atoms with Gasteiger partial charge in [-0.3, -0.25) is 4.79 Å². The van der Waals surface area contributed by atoms with Gasteiger partial charge in [-0.15, -0.1) is 0 Å². The summed E-state index contributed by atoms with van der Waals surface area (Å²) < 4.78 is 41.3. The van der Waals surface area contributed by atoms with Crippen LogP contribution in [-0.4, -0.2) is 15.7 Å². The first kappa shape index (κ1) is 24.1. The minimum atomic E-state index is -4.63. The average molecular weight is 525 g/mol. The Kier molecular flexibility index (Phi) is 6.89. The molecule has 174 valence electrons. The Hall–Kier alpha value is -3.00. The van der Waals surface area contributed by atoms with E-state index in [0.717, 1.165) is 16.3 Å². The molecule has 0 saturated heterocycles. The summed E-state index contributed by atoms with van der Waals surface area (Å²) in [5.41, 5.74) is 0.975. The van der Waals surface area contributed by atoms with Gasteiger partial charge in [-0.25, -0.2) is 4.68 Å². The van der Waals surface area contributed by atoms with E-state index in [9.17, 15) is 18.0 Å². The Morgan fingerprint density at radius 2 is 1.59 bits per heavy atom. The maximum Gasteiger partial charge on any atom is 0.435 e. The zero-order valence-electron chi connectivity index (χ0n) is 17.2. The third kappa shape index (κ3) is 5.22. The Morgan fingerprint density at radius 1 is 0.882 bits per heavy atom. The lowest BCUT2D eigenvalue weighted by molar-refractivity contribution is -0.141. The first-order valence-corrected chi connectivity index (χ1v) is 11.0. The van der Waals surface area contributed by atoms with Crippen molar-refractivity contribution in [1.82, 2.24) is 15.1 Å². The number of halogens is 6. The lowest BCUT2D eigenvalue weighted by Crippen LogP contribution is -2.22. The van der Waals surface area contributed by atoms with Crippen LogP contribution in [0.1, 0.15) is 21.6 Å². The highest BCUT2D eigenvalue weighted by Crippen LogP contribution is 2.34. The van der Waals surface area contributed by atoms with Crippen molar-refractivity contribution in [3.8, 4) is 16.9 Å². The van der Waals surface area contributed by atoms with Gasteiger partial charge >= 0.3 is 6.18 Å². The van der Waals surface area contributed by atoms with E-state index in [-0.39, 0.29) is 23.2 Å². The van der Waals surface area contributed by atoms with Crippen molar-refractivity contribution in [2.75, 3.05) is 0 Å². The Morgan fingerprint density at radius 3 is 2.24 bits per heavy atom. The van der Waals surface area contributed by atoms with E-state index in [1.54, 1.807) is 54.6 Å². The van der Waals surface area contributed by atoms with E-state index in [0.29, 0.717) is 26.9 Å². The number of alkyl halides is 3. The van der Waals surface area contributed by atoms with Crippen molar-refractivity contribution in [2.24, 2.45) is 0 Å². The summed E-state index contributed by atoms with van der Waals surface area (Å²) >= 11 is 18.1. The Bertz CT molecular complexity index is 1350. The second-order valence-corrected chi connectivity index (χ2v) is 8.51. The summed E-state index contributed by atoms with van der Waals surface area (Å²) in [6.45, 7) is 0.228. The van der Waals surface area contributed by atoms with Crippen LogP contribution < -0.4 is 5.32 Å². The molecular formula is C24H15Cl3F3N3O. The van der Waals surface area contributed by atoms with E-state index in [2.05, 4.69) is 10.4 Å². The molecule has 1 amide bonds. The molecule has 10 heteroatoms. The van der Waals surface area contributed by atoms with Gasteiger partial charge in [0.15, 0.2) is 5.69 Å². The highest BCUT2D eigenvalue weighted by molar-refractivity contribution is 6.42. The van der Waals surface area contributed by atoms with E-state index in [1.807, 2.05) is 0 Å². The van der Waals surface area contributed by atoms with Crippen LogP contribution in [0.4, 0.5) is 13.2 Å². The maximum absolute atomic E-state index is 13.4. The number of hydrogen-bond donors (Lipinski definition) is 1. The normalized spacial score (nSPS) is 11.5. The number of carbonyl (C=O) groups is 1. The number of benzene rings is 3. The first-order chi connectivity index (χ1) is 16.1. The molecule has 0 spiro atoms. The van der Waals surface area contributed by atoms with Crippen molar-refractivity contribution >= 4 is 40.7 Å². The fraction of sp³-hybridized carbons (Fsp3) is 0.0833. The number of aromatic nitrogens is 2. The van der Waals surface area contributed by atoms with Gasteiger partial charge in [-0.2, -0.15) is 18.3 Å². The smallest absolute Gasteiger partial charge is 0.348 e. The van der Waals surface area contributed by atoms with Crippen LogP contribution in [0.25, 0.3) is 16.9 Å². The predicted molar refractivity (Wildman–Crippen MR) is 127 cm³/mol. The number of hydrogen-bond acceptors (Lipinski definition) is 2. The fourth-order valence-corrected chi connectivity index (χ4v) is 3.80. The SMILES string of the molecule is O=C(NCc1ccc(Cl)c(Cl)c1)c1ccc(-c2cc(C(F)(F)F)nn2-c2ccccc2Cl)cc1. The van der Waals surface area contributed by atoms with Crippen LogP contribution >= 0.6 is 34.8 Å². The molecule has 0 aliphatic rings. The van der Waals surface area contributed by atoms with Gasteiger partial charge in [-0.1, -0.05) is 65.1 Å². The number of nitrogens with zero attached hydrogens (tertiary/aromatic N) is 2. The number of rotatable bonds is 5. The lowest BCUT2D eigenvalue weighted by atomic mass is 10.1. The minimum Gasteiger partial charge on any atom is -0.348 e. The minimum absolute atomic E-state index is 0.184. The molecule has 4 rings (SSSR count). The molecule has 0 aliphatic carbocycles. The molecule has 0 fully saturated rings. The van der Waals surface area contributed by atoms with Gasteiger partial charge in [0.05, 0.1) is 26.4 Å². The summed E-state index contributed by atoms with van der Waals surface area (Å²) in [6.07, 6.45) is -4.63. The molecule has 4 aromatic rings. The van der Waals surface area contributed by atoms with Crippen LogP contribution in [0, 0.1) is 0 Å². The fourth-order valence-electron chi connectivity index (χ4n) is 3.26. The molecular weight excluding hydrogens is 510 g/mol. The van der Waals surface area contributed by atoms with Crippen molar-refractivity contribution in [2.45, 2.75) is 12.7 Å². The third-order valence-corrected chi connectivity index (χ3v) is 6.02. The maximum atomic E-state index is 13.4. The zero-order valence-corrected chi connectivity index (χ0v) is 19.5. The summed E-state index contributed by atoms with van der Waals surface area (Å²) in [4.78, 5) is 12.5. The van der Waals surface area contributed by atoms with Crippen LogP contribution in [0.3, 0.4) is 0 Å². The van der Waals surface area contributed by atoms with Crippen molar-refractivity contribution in [3.05, 3.63) is 105 Å². The second-order valence-electron chi connectivity index (χ2n) is 7.28. The van der Waals surface area contributed by atoms with Gasteiger partial charge in [0, 0.05) is 17.7 Å². The summed E-state index contributed by atoms with van der Waals surface area (Å²) in [7, 11) is 0. The second kappa shape index (κ2) is 9.70. The van der Waals surface area contributed by atoms with Crippen LogP contribution in [0.15, 0.2) is 72.8 Å². The average Bonchev–Trinajstić information content (AvgIpc) is 3.26. The first-order valence-electron chi connectivity index (χ1n) is 9.88. The van der Waals surface area contributed by atoms with Crippen molar-refractivity contribution < 1.29 is 18.0 Å². The Balaban J connectivity index is 1.60. The number of para-hydroxylation sites is 1. The molecule has 0 bridgehead atoms. The largest absolute Gasteiger partial charge is 0.435 e. The molecule has 1 heterocycles. The van der Waals surface area contributed by atoms with Gasteiger partial charge in [0.25, 0.3) is 5.91 Å². The standard InChI is InChI=1S/C24H15Cl3F3N3O/c25-17-10-5-14(11-19(17)27)13-31-23(34)16-8-6-15(7-9-16)21-12-22(24(28,29)30)32-33(21)20-4-2-1-3-18(20)26/h1-12H,13H2,(H,31,34). The van der Waals surface area contributed by atoms with Gasteiger partial charge in [0.2, 0.25) is 0 Å². The van der Waals surface area contributed by atoms with Gasteiger partial charge < -0.3 is 5.32 Å². The summed E-state index contributed by atoms with van der Waals surface area (Å²) in [5, 5.41) is 7.54. The van der Waals surface area contributed by atoms with E-state index in [1.165, 1.54) is 12.1 Å². The van der Waals surface area contributed by atoms with Crippen molar-refractivity contribution in [3.63, 3.8) is 0 Å². The molecule has 0 radical (unpaired) electrons. The van der Waals surface area contributed by atoms with Gasteiger partial charge in [0.1, 0.15) is 0 Å². The highest BCUT2D eigenvalue weighted by atomic mass is 35.5. The molecule has 0 aliphatic heterocycles. The molecule has 0 atom stereocenters. The third-order valence-electron chi connectivity index (χ3n) is 4.96. The van der Waals surface area contributed by atoms with E-state index in [4.69, 9.17) is 34.8 Å². The molecule has 1 N–H and O–H groups in total. The zero-order chi connectivity index (χ0) is 24.5. The van der Waals surface area contributed by atoms with E-state index < -0.39 is 11.9 Å². The van der Waals surface area contributed by atoms with E-state index >= 15 is 0 Å². The molecule has 0 saturated carbocycles. The predicted octanol–water partition coefficient (Wildman–Crippen LogP) is 7.45. The molecule has 34 heavy (non-hydrogen) atoms. The highest BCUT2D eigenvalue weighted by Gasteiger charge is 2.35. The van der Waals surface area contributed by atoms with Crippen LogP contribution in [0.5, 0.6) is 0 Å². The number of carbonyl (C=O) groups excluding carboxylic acids is 1. The molecule has 4 nitrogen and oxygen atoms in total. The van der Waals surface area contributed by atoms with Crippen molar-refractivity contribution in [1.29, 1.82) is 0 Å². The molecule has 0 unspecified atom stereocenters. The molecule has 1 aromatic heterocycles. The Labute approximate surface area is 207 Å². The monoisotopic (exact) mass is 523 g/mol. The topological polar surface area (TPSA) is 46.9 Å². The van der Waals surface area contributed by atoms with Gasteiger partial charge in [-0.05, 0) is 48.0 Å². The van der Waals surface area contributed by atoms with Crippen LogP contribution in [-0.2, 0) is 12.7 Å². The summed E-state index contributed by atoms with van der Waals surface area (Å²) in [6, 6.07) is 18.6. The van der Waals surface area contributed by atoms with Crippen LogP contribution in [0.2, 0.25) is 15.1 Å². The summed E-state index contributed by atoms with van der Waals surface area (Å²) in [5.74, 6) is -0.354. The quantitative estimate of drug-likeness (QED) is 0.295. The lowest BCUT2D eigenvalue weighted by Gasteiger charge is -2.10. The number of nitrogens with one attached hydrogen (secondary N) is 1. The molecule has 3 aromatic carbocycles.